The number of aryl methyl sites for hydroxylation is 1. The van der Waals surface area contributed by atoms with Crippen molar-refractivity contribution in [2.75, 3.05) is 6.61 Å². The molecule has 1 aromatic rings. The molecule has 3 nitrogen and oxygen atoms in total. The summed E-state index contributed by atoms with van der Waals surface area (Å²) < 4.78 is 5.57. The number of fused-ring (bicyclic) bond motifs is 1. The van der Waals surface area contributed by atoms with E-state index in [9.17, 15) is 10.4 Å². The maximum Gasteiger partial charge on any atom is 0.111 e. The molecule has 2 aliphatic carbocycles. The number of rotatable bonds is 3. The molecular formula is C17H21NO2. The van der Waals surface area contributed by atoms with Crippen molar-refractivity contribution in [3.05, 3.63) is 35.4 Å². The van der Waals surface area contributed by atoms with Gasteiger partial charge in [0.05, 0.1) is 17.8 Å². The number of hydrogen-bond donors (Lipinski definition) is 1. The summed E-state index contributed by atoms with van der Waals surface area (Å²) >= 11 is 0. The standard InChI is InChI=1S/C17H21NO2/c1-2-20-14-10-17(19,11-14)16(12-18)9-5-7-13-6-3-4-8-15(13)16/h3-4,6,8,14,19H,2,5,7,9-11H2,1H3. The van der Waals surface area contributed by atoms with Crippen molar-refractivity contribution in [2.24, 2.45) is 0 Å². The molecule has 0 aromatic heterocycles. The molecule has 2 aliphatic rings. The quantitative estimate of drug-likeness (QED) is 0.919. The van der Waals surface area contributed by atoms with Crippen LogP contribution >= 0.6 is 0 Å². The number of aliphatic hydroxyl groups is 1. The predicted molar refractivity (Wildman–Crippen MR) is 76.3 cm³/mol. The minimum absolute atomic E-state index is 0.101. The summed E-state index contributed by atoms with van der Waals surface area (Å²) in [6.45, 7) is 2.63. The van der Waals surface area contributed by atoms with Gasteiger partial charge in [-0.25, -0.2) is 0 Å². The molecule has 0 amide bonds. The first kappa shape index (κ1) is 13.6. The molecule has 0 bridgehead atoms. The first-order chi connectivity index (χ1) is 9.65. The average molecular weight is 271 g/mol. The van der Waals surface area contributed by atoms with E-state index in [-0.39, 0.29) is 6.10 Å². The summed E-state index contributed by atoms with van der Waals surface area (Å²) in [6, 6.07) is 10.6. The van der Waals surface area contributed by atoms with Crippen molar-refractivity contribution in [3.63, 3.8) is 0 Å². The molecule has 1 fully saturated rings. The molecule has 20 heavy (non-hydrogen) atoms. The highest BCUT2D eigenvalue weighted by Crippen LogP contribution is 2.53. The van der Waals surface area contributed by atoms with Crippen LogP contribution in [0.2, 0.25) is 0 Å². The molecule has 106 valence electrons. The first-order valence-corrected chi connectivity index (χ1v) is 7.49. The molecule has 1 atom stereocenters. The van der Waals surface area contributed by atoms with Crippen molar-refractivity contribution in [1.29, 1.82) is 5.26 Å². The van der Waals surface area contributed by atoms with Crippen molar-refractivity contribution in [1.82, 2.24) is 0 Å². The largest absolute Gasteiger partial charge is 0.388 e. The molecule has 1 saturated carbocycles. The fraction of sp³-hybridized carbons (Fsp3) is 0.588. The van der Waals surface area contributed by atoms with E-state index in [1.165, 1.54) is 5.56 Å². The maximum absolute atomic E-state index is 11.0. The van der Waals surface area contributed by atoms with Gasteiger partial charge in [0.2, 0.25) is 0 Å². The Balaban J connectivity index is 1.97. The first-order valence-electron chi connectivity index (χ1n) is 7.49. The Morgan fingerprint density at radius 2 is 2.15 bits per heavy atom. The van der Waals surface area contributed by atoms with E-state index in [1.54, 1.807) is 0 Å². The second kappa shape index (κ2) is 4.87. The van der Waals surface area contributed by atoms with Gasteiger partial charge < -0.3 is 9.84 Å². The zero-order valence-corrected chi connectivity index (χ0v) is 11.9. The lowest BCUT2D eigenvalue weighted by Crippen LogP contribution is -2.62. The molecule has 3 rings (SSSR count). The summed E-state index contributed by atoms with van der Waals surface area (Å²) in [6.07, 6.45) is 3.96. The molecule has 1 aromatic carbocycles. The summed E-state index contributed by atoms with van der Waals surface area (Å²) in [5.74, 6) is 0. The maximum atomic E-state index is 11.0. The van der Waals surface area contributed by atoms with Gasteiger partial charge in [-0.3, -0.25) is 0 Å². The lowest BCUT2D eigenvalue weighted by Gasteiger charge is -2.54. The summed E-state index contributed by atoms with van der Waals surface area (Å²) in [5, 5.41) is 20.9. The Kier molecular flexibility index (Phi) is 3.32. The average Bonchev–Trinajstić information content (AvgIpc) is 2.45. The van der Waals surface area contributed by atoms with E-state index in [2.05, 4.69) is 12.1 Å². The van der Waals surface area contributed by atoms with Crippen LogP contribution in [-0.4, -0.2) is 23.4 Å². The van der Waals surface area contributed by atoms with Gasteiger partial charge in [-0.2, -0.15) is 5.26 Å². The van der Waals surface area contributed by atoms with E-state index in [4.69, 9.17) is 4.74 Å². The fourth-order valence-electron chi connectivity index (χ4n) is 3.93. The topological polar surface area (TPSA) is 53.2 Å². The molecule has 0 aliphatic heterocycles. The number of hydrogen-bond acceptors (Lipinski definition) is 3. The van der Waals surface area contributed by atoms with Crippen LogP contribution in [0.1, 0.15) is 43.7 Å². The Labute approximate surface area is 120 Å². The highest BCUT2D eigenvalue weighted by Gasteiger charge is 2.60. The normalized spacial score (nSPS) is 35.8. The smallest absolute Gasteiger partial charge is 0.111 e. The van der Waals surface area contributed by atoms with Crippen molar-refractivity contribution in [3.8, 4) is 6.07 Å². The van der Waals surface area contributed by atoms with Crippen LogP contribution in [0.25, 0.3) is 0 Å². The van der Waals surface area contributed by atoms with Gasteiger partial charge in [0.15, 0.2) is 0 Å². The summed E-state index contributed by atoms with van der Waals surface area (Å²) in [7, 11) is 0. The second-order valence-electron chi connectivity index (χ2n) is 6.05. The number of benzene rings is 1. The Morgan fingerprint density at radius 1 is 1.40 bits per heavy atom. The van der Waals surface area contributed by atoms with E-state index < -0.39 is 11.0 Å². The van der Waals surface area contributed by atoms with Crippen molar-refractivity contribution < 1.29 is 9.84 Å². The van der Waals surface area contributed by atoms with Gasteiger partial charge in [0, 0.05) is 19.4 Å². The number of nitrogens with zero attached hydrogens (tertiary/aromatic N) is 1. The summed E-state index contributed by atoms with van der Waals surface area (Å²) in [5.41, 5.74) is 0.563. The predicted octanol–water partition coefficient (Wildman–Crippen LogP) is 2.71. The van der Waals surface area contributed by atoms with Gasteiger partial charge in [0.1, 0.15) is 5.41 Å². The van der Waals surface area contributed by atoms with Crippen LogP contribution < -0.4 is 0 Å². The van der Waals surface area contributed by atoms with E-state index >= 15 is 0 Å². The third-order valence-electron chi connectivity index (χ3n) is 4.99. The third kappa shape index (κ3) is 1.79. The Bertz CT molecular complexity index is 542. The lowest BCUT2D eigenvalue weighted by molar-refractivity contribution is -0.168. The van der Waals surface area contributed by atoms with E-state index in [0.717, 1.165) is 24.8 Å². The van der Waals surface area contributed by atoms with Gasteiger partial charge in [0.25, 0.3) is 0 Å². The van der Waals surface area contributed by atoms with Crippen LogP contribution in [0.3, 0.4) is 0 Å². The van der Waals surface area contributed by atoms with Gasteiger partial charge >= 0.3 is 0 Å². The van der Waals surface area contributed by atoms with Crippen LogP contribution in [-0.2, 0) is 16.6 Å². The molecule has 1 N–H and O–H groups in total. The number of ether oxygens (including phenoxy) is 1. The Morgan fingerprint density at radius 3 is 2.85 bits per heavy atom. The third-order valence-corrected chi connectivity index (χ3v) is 4.99. The molecule has 0 saturated heterocycles. The van der Waals surface area contributed by atoms with Crippen LogP contribution in [0, 0.1) is 11.3 Å². The molecule has 0 spiro atoms. The summed E-state index contributed by atoms with van der Waals surface area (Å²) in [4.78, 5) is 0. The minimum atomic E-state index is -0.932. The van der Waals surface area contributed by atoms with E-state index in [1.807, 2.05) is 25.1 Å². The molecule has 3 heteroatoms. The van der Waals surface area contributed by atoms with Crippen LogP contribution in [0.15, 0.2) is 24.3 Å². The van der Waals surface area contributed by atoms with Gasteiger partial charge in [-0.05, 0) is 37.3 Å². The number of nitriles is 1. The fourth-order valence-corrected chi connectivity index (χ4v) is 3.93. The van der Waals surface area contributed by atoms with Crippen LogP contribution in [0.4, 0.5) is 0 Å². The minimum Gasteiger partial charge on any atom is -0.388 e. The van der Waals surface area contributed by atoms with E-state index in [0.29, 0.717) is 19.4 Å². The van der Waals surface area contributed by atoms with Crippen LogP contribution in [0.5, 0.6) is 0 Å². The highest BCUT2D eigenvalue weighted by molar-refractivity contribution is 5.46. The zero-order valence-electron chi connectivity index (χ0n) is 11.9. The highest BCUT2D eigenvalue weighted by atomic mass is 16.5. The second-order valence-corrected chi connectivity index (χ2v) is 6.05. The van der Waals surface area contributed by atoms with Crippen molar-refractivity contribution in [2.45, 2.75) is 56.1 Å². The molecule has 0 radical (unpaired) electrons. The lowest BCUT2D eigenvalue weighted by atomic mass is 9.54. The molecule has 1 unspecified atom stereocenters. The van der Waals surface area contributed by atoms with Gasteiger partial charge in [-0.1, -0.05) is 24.3 Å². The van der Waals surface area contributed by atoms with Gasteiger partial charge in [-0.15, -0.1) is 0 Å². The Hall–Kier alpha value is -1.37. The monoisotopic (exact) mass is 271 g/mol. The molecule has 0 heterocycles. The molecular weight excluding hydrogens is 250 g/mol. The van der Waals surface area contributed by atoms with Crippen molar-refractivity contribution >= 4 is 0 Å². The SMILES string of the molecule is CCOC1CC(O)(C2(C#N)CCCc3ccccc32)C1. The zero-order chi connectivity index (χ0) is 14.2.